The lowest BCUT2D eigenvalue weighted by atomic mass is 9.89. The van der Waals surface area contributed by atoms with E-state index in [1.54, 1.807) is 0 Å². The van der Waals surface area contributed by atoms with Crippen LogP contribution in [0.15, 0.2) is 16.6 Å². The summed E-state index contributed by atoms with van der Waals surface area (Å²) in [6.07, 6.45) is 4.89. The molecule has 1 heterocycles. The van der Waals surface area contributed by atoms with Gasteiger partial charge in [0, 0.05) is 17.3 Å². The van der Waals surface area contributed by atoms with Crippen LogP contribution in [0.25, 0.3) is 0 Å². The maximum Gasteiger partial charge on any atom is 0.245 e. The third kappa shape index (κ3) is 2.56. The number of rotatable bonds is 2. The summed E-state index contributed by atoms with van der Waals surface area (Å²) in [5.41, 5.74) is 7.43. The number of hydrogen-bond donors (Lipinski definition) is 2. The van der Waals surface area contributed by atoms with Crippen LogP contribution in [-0.4, -0.2) is 12.0 Å². The highest BCUT2D eigenvalue weighted by atomic mass is 79.9. The lowest BCUT2D eigenvalue weighted by molar-refractivity contribution is -0.116. The molecule has 4 nitrogen and oxygen atoms in total. The number of halogens is 1. The van der Waals surface area contributed by atoms with E-state index in [1.165, 1.54) is 12.8 Å². The Hall–Kier alpha value is -1.07. The molecular formula is C15H19BrN2O2. The third-order valence-electron chi connectivity index (χ3n) is 4.24. The van der Waals surface area contributed by atoms with Crippen molar-refractivity contribution in [1.29, 1.82) is 0 Å². The maximum atomic E-state index is 11.6. The average Bonchev–Trinajstić information content (AvgIpc) is 2.69. The number of amides is 1. The zero-order chi connectivity index (χ0) is 14.3. The van der Waals surface area contributed by atoms with Crippen LogP contribution in [-0.2, 0) is 4.79 Å². The van der Waals surface area contributed by atoms with Gasteiger partial charge in [0.25, 0.3) is 0 Å². The molecule has 5 heteroatoms. The molecule has 1 aliphatic heterocycles. The molecule has 1 aromatic rings. The van der Waals surface area contributed by atoms with Crippen LogP contribution < -0.4 is 15.8 Å². The fourth-order valence-electron chi connectivity index (χ4n) is 2.90. The number of carbonyl (C=O) groups is 1. The Morgan fingerprint density at radius 1 is 1.30 bits per heavy atom. The normalized spacial score (nSPS) is 28.9. The number of carbonyl (C=O) groups excluding carboxylic acids is 1. The molecule has 0 spiro atoms. The lowest BCUT2D eigenvalue weighted by Crippen LogP contribution is -2.23. The summed E-state index contributed by atoms with van der Waals surface area (Å²) in [7, 11) is 0. The fraction of sp³-hybridized carbons (Fsp3) is 0.533. The first kappa shape index (κ1) is 13.9. The molecular weight excluding hydrogens is 320 g/mol. The maximum absolute atomic E-state index is 11.6. The molecule has 0 aromatic heterocycles. The monoisotopic (exact) mass is 338 g/mol. The van der Waals surface area contributed by atoms with Crippen molar-refractivity contribution < 1.29 is 9.53 Å². The first-order valence-corrected chi connectivity index (χ1v) is 7.90. The van der Waals surface area contributed by atoms with Gasteiger partial charge < -0.3 is 15.8 Å². The number of fused-ring (bicyclic) bond motifs is 1. The number of anilines is 1. The fourth-order valence-corrected chi connectivity index (χ4v) is 3.36. The van der Waals surface area contributed by atoms with Gasteiger partial charge in [0.15, 0.2) is 0 Å². The predicted octanol–water partition coefficient (Wildman–Crippen LogP) is 3.36. The van der Waals surface area contributed by atoms with E-state index >= 15 is 0 Å². The van der Waals surface area contributed by atoms with Gasteiger partial charge >= 0.3 is 0 Å². The van der Waals surface area contributed by atoms with Crippen molar-refractivity contribution in [2.75, 3.05) is 5.32 Å². The Morgan fingerprint density at radius 2 is 2.00 bits per heavy atom. The van der Waals surface area contributed by atoms with Crippen LogP contribution in [0.2, 0.25) is 0 Å². The smallest absolute Gasteiger partial charge is 0.245 e. The molecule has 1 aromatic carbocycles. The number of nitrogens with one attached hydrogen (secondary N) is 1. The quantitative estimate of drug-likeness (QED) is 0.868. The lowest BCUT2D eigenvalue weighted by Gasteiger charge is -2.27. The first-order chi connectivity index (χ1) is 9.54. The van der Waals surface area contributed by atoms with Crippen LogP contribution in [0.5, 0.6) is 5.75 Å². The van der Waals surface area contributed by atoms with Gasteiger partial charge in [-0.1, -0.05) is 6.92 Å². The SMILES string of the molecule is CC1CCC(Oc2cc3c(cc2Br)C(N)C(=O)N3)CC1. The molecule has 1 saturated carbocycles. The average molecular weight is 339 g/mol. The van der Waals surface area contributed by atoms with Crippen LogP contribution >= 0.6 is 15.9 Å². The van der Waals surface area contributed by atoms with E-state index in [9.17, 15) is 4.79 Å². The van der Waals surface area contributed by atoms with Gasteiger partial charge in [0.2, 0.25) is 5.91 Å². The highest BCUT2D eigenvalue weighted by molar-refractivity contribution is 9.10. The summed E-state index contributed by atoms with van der Waals surface area (Å²) < 4.78 is 6.95. The van der Waals surface area contributed by atoms with Crippen molar-refractivity contribution in [2.24, 2.45) is 11.7 Å². The van der Waals surface area contributed by atoms with E-state index in [2.05, 4.69) is 28.2 Å². The Morgan fingerprint density at radius 3 is 2.70 bits per heavy atom. The standard InChI is InChI=1S/C15H19BrN2O2/c1-8-2-4-9(5-3-8)20-13-7-12-10(6-11(13)16)14(17)15(19)18-12/h6-9,14H,2-5,17H2,1H3,(H,18,19). The van der Waals surface area contributed by atoms with Gasteiger partial charge in [-0.3, -0.25) is 4.79 Å². The molecule has 1 atom stereocenters. The molecule has 0 saturated heterocycles. The zero-order valence-electron chi connectivity index (χ0n) is 11.5. The summed E-state index contributed by atoms with van der Waals surface area (Å²) in [5.74, 6) is 1.43. The Bertz CT molecular complexity index is 539. The summed E-state index contributed by atoms with van der Waals surface area (Å²) >= 11 is 3.52. The first-order valence-electron chi connectivity index (χ1n) is 7.11. The summed E-state index contributed by atoms with van der Waals surface area (Å²) in [6.45, 7) is 2.29. The van der Waals surface area contributed by atoms with E-state index in [0.717, 1.165) is 40.2 Å². The molecule has 0 radical (unpaired) electrons. The van der Waals surface area contributed by atoms with E-state index < -0.39 is 6.04 Å². The van der Waals surface area contributed by atoms with Gasteiger partial charge in [-0.2, -0.15) is 0 Å². The molecule has 1 unspecified atom stereocenters. The van der Waals surface area contributed by atoms with Crippen molar-refractivity contribution in [1.82, 2.24) is 0 Å². The zero-order valence-corrected chi connectivity index (χ0v) is 13.1. The summed E-state index contributed by atoms with van der Waals surface area (Å²) in [4.78, 5) is 11.6. The second kappa shape index (κ2) is 5.37. The molecule has 3 rings (SSSR count). The van der Waals surface area contributed by atoms with Crippen molar-refractivity contribution in [2.45, 2.75) is 44.8 Å². The van der Waals surface area contributed by atoms with Gasteiger partial charge in [0.05, 0.1) is 10.6 Å². The number of ether oxygens (including phenoxy) is 1. The molecule has 1 fully saturated rings. The molecule has 3 N–H and O–H groups in total. The van der Waals surface area contributed by atoms with Gasteiger partial charge in [-0.25, -0.2) is 0 Å². The van der Waals surface area contributed by atoms with E-state index in [1.807, 2.05) is 12.1 Å². The molecule has 108 valence electrons. The largest absolute Gasteiger partial charge is 0.489 e. The van der Waals surface area contributed by atoms with Crippen molar-refractivity contribution >= 4 is 27.5 Å². The minimum Gasteiger partial charge on any atom is -0.489 e. The number of nitrogens with two attached hydrogens (primary N) is 1. The second-order valence-corrected chi connectivity index (χ2v) is 6.69. The summed E-state index contributed by atoms with van der Waals surface area (Å²) in [5, 5.41) is 2.79. The molecule has 20 heavy (non-hydrogen) atoms. The highest BCUT2D eigenvalue weighted by Crippen LogP contribution is 2.39. The number of benzene rings is 1. The Labute approximate surface area is 127 Å². The van der Waals surface area contributed by atoms with Gasteiger partial charge in [0.1, 0.15) is 11.8 Å². The predicted molar refractivity (Wildman–Crippen MR) is 81.7 cm³/mol. The minimum absolute atomic E-state index is 0.157. The van der Waals surface area contributed by atoms with Crippen LogP contribution in [0.1, 0.15) is 44.2 Å². The molecule has 1 aliphatic carbocycles. The van der Waals surface area contributed by atoms with Crippen LogP contribution in [0.3, 0.4) is 0 Å². The number of hydrogen-bond acceptors (Lipinski definition) is 3. The van der Waals surface area contributed by atoms with E-state index in [4.69, 9.17) is 10.5 Å². The summed E-state index contributed by atoms with van der Waals surface area (Å²) in [6, 6.07) is 3.19. The highest BCUT2D eigenvalue weighted by Gasteiger charge is 2.29. The van der Waals surface area contributed by atoms with Crippen molar-refractivity contribution in [3.05, 3.63) is 22.2 Å². The minimum atomic E-state index is -0.578. The Balaban J connectivity index is 1.78. The topological polar surface area (TPSA) is 64.3 Å². The molecule has 2 aliphatic rings. The van der Waals surface area contributed by atoms with Gasteiger partial charge in [-0.05, 0) is 53.6 Å². The van der Waals surface area contributed by atoms with Crippen LogP contribution in [0.4, 0.5) is 5.69 Å². The third-order valence-corrected chi connectivity index (χ3v) is 4.86. The van der Waals surface area contributed by atoms with Crippen molar-refractivity contribution in [3.63, 3.8) is 0 Å². The second-order valence-electron chi connectivity index (χ2n) is 5.84. The molecule has 0 bridgehead atoms. The van der Waals surface area contributed by atoms with E-state index in [0.29, 0.717) is 0 Å². The van der Waals surface area contributed by atoms with Crippen LogP contribution in [0, 0.1) is 5.92 Å². The van der Waals surface area contributed by atoms with Gasteiger partial charge in [-0.15, -0.1) is 0 Å². The molecule has 1 amide bonds. The van der Waals surface area contributed by atoms with E-state index in [-0.39, 0.29) is 12.0 Å². The van der Waals surface area contributed by atoms with Crippen molar-refractivity contribution in [3.8, 4) is 5.75 Å². The Kier molecular flexibility index (Phi) is 3.73.